The first-order chi connectivity index (χ1) is 6.65. The highest BCUT2D eigenvalue weighted by atomic mass is 16.3. The Morgan fingerprint density at radius 3 is 2.43 bits per heavy atom. The molecule has 2 amide bonds. The molecule has 0 radical (unpaired) electrons. The van der Waals surface area contributed by atoms with Crippen LogP contribution in [-0.4, -0.2) is 35.0 Å². The first kappa shape index (κ1) is 11.2. The number of nitrogens with zero attached hydrogens (tertiary/aromatic N) is 1. The number of aliphatic hydroxyl groups excluding tert-OH is 1. The SMILES string of the molecule is CC(CCO)CN1C(=O)CCCC1=O. The Labute approximate surface area is 83.9 Å². The van der Waals surface area contributed by atoms with E-state index in [2.05, 4.69) is 0 Å². The third-order valence-corrected chi connectivity index (χ3v) is 2.50. The second kappa shape index (κ2) is 5.10. The van der Waals surface area contributed by atoms with Crippen molar-refractivity contribution in [1.82, 2.24) is 4.90 Å². The van der Waals surface area contributed by atoms with Gasteiger partial charge in [0.25, 0.3) is 0 Å². The predicted octanol–water partition coefficient (Wildman–Crippen LogP) is 0.544. The van der Waals surface area contributed by atoms with Crippen molar-refractivity contribution in [1.29, 1.82) is 0 Å². The van der Waals surface area contributed by atoms with Gasteiger partial charge in [0, 0.05) is 26.0 Å². The molecule has 4 heteroatoms. The van der Waals surface area contributed by atoms with Crippen molar-refractivity contribution in [3.8, 4) is 0 Å². The summed E-state index contributed by atoms with van der Waals surface area (Å²) in [7, 11) is 0. The zero-order valence-corrected chi connectivity index (χ0v) is 8.53. The highest BCUT2D eigenvalue weighted by Gasteiger charge is 2.26. The number of carbonyl (C=O) groups is 2. The van der Waals surface area contributed by atoms with Crippen molar-refractivity contribution in [3.63, 3.8) is 0 Å². The Morgan fingerprint density at radius 1 is 1.36 bits per heavy atom. The fraction of sp³-hybridized carbons (Fsp3) is 0.800. The molecule has 1 atom stereocenters. The quantitative estimate of drug-likeness (QED) is 0.672. The maximum atomic E-state index is 11.4. The van der Waals surface area contributed by atoms with Crippen molar-refractivity contribution >= 4 is 11.8 Å². The molecule has 0 aromatic heterocycles. The Morgan fingerprint density at radius 2 is 1.93 bits per heavy atom. The Hall–Kier alpha value is -0.900. The number of aliphatic hydroxyl groups is 1. The van der Waals surface area contributed by atoms with Crippen LogP contribution in [0.2, 0.25) is 0 Å². The number of piperidine rings is 1. The van der Waals surface area contributed by atoms with Gasteiger partial charge in [0.1, 0.15) is 0 Å². The summed E-state index contributed by atoms with van der Waals surface area (Å²) in [5.41, 5.74) is 0. The fourth-order valence-electron chi connectivity index (χ4n) is 1.63. The van der Waals surface area contributed by atoms with Crippen LogP contribution in [0.3, 0.4) is 0 Å². The first-order valence-electron chi connectivity index (χ1n) is 5.09. The van der Waals surface area contributed by atoms with Gasteiger partial charge in [-0.1, -0.05) is 6.92 Å². The minimum atomic E-state index is -0.0639. The number of carbonyl (C=O) groups excluding carboxylic acids is 2. The van der Waals surface area contributed by atoms with Crippen LogP contribution < -0.4 is 0 Å². The Balaban J connectivity index is 2.47. The van der Waals surface area contributed by atoms with Crippen LogP contribution in [0.25, 0.3) is 0 Å². The zero-order valence-electron chi connectivity index (χ0n) is 8.53. The third kappa shape index (κ3) is 2.80. The van der Waals surface area contributed by atoms with Crippen LogP contribution in [0.4, 0.5) is 0 Å². The van der Waals surface area contributed by atoms with E-state index in [-0.39, 0.29) is 24.3 Å². The van der Waals surface area contributed by atoms with Crippen LogP contribution in [0.5, 0.6) is 0 Å². The smallest absolute Gasteiger partial charge is 0.229 e. The van der Waals surface area contributed by atoms with Gasteiger partial charge in [-0.3, -0.25) is 14.5 Å². The molecule has 1 fully saturated rings. The van der Waals surface area contributed by atoms with Crippen molar-refractivity contribution in [3.05, 3.63) is 0 Å². The van der Waals surface area contributed by atoms with E-state index >= 15 is 0 Å². The normalized spacial score (nSPS) is 20.0. The number of likely N-dealkylation sites (tertiary alicyclic amines) is 1. The lowest BCUT2D eigenvalue weighted by Crippen LogP contribution is -2.42. The molecule has 1 aliphatic heterocycles. The van der Waals surface area contributed by atoms with Crippen molar-refractivity contribution in [2.24, 2.45) is 5.92 Å². The van der Waals surface area contributed by atoms with E-state index in [1.807, 2.05) is 6.92 Å². The Kier molecular flexibility index (Phi) is 4.07. The van der Waals surface area contributed by atoms with E-state index < -0.39 is 0 Å². The van der Waals surface area contributed by atoms with E-state index in [0.29, 0.717) is 32.2 Å². The van der Waals surface area contributed by atoms with Gasteiger partial charge in [-0.25, -0.2) is 0 Å². The van der Waals surface area contributed by atoms with Gasteiger partial charge in [-0.05, 0) is 18.8 Å². The van der Waals surface area contributed by atoms with Gasteiger partial charge < -0.3 is 5.11 Å². The molecule has 4 nitrogen and oxygen atoms in total. The maximum absolute atomic E-state index is 11.4. The summed E-state index contributed by atoms with van der Waals surface area (Å²) in [6.45, 7) is 2.50. The molecule has 1 unspecified atom stereocenters. The molecule has 80 valence electrons. The van der Waals surface area contributed by atoms with Crippen LogP contribution in [0.15, 0.2) is 0 Å². The van der Waals surface area contributed by atoms with Gasteiger partial charge >= 0.3 is 0 Å². The zero-order chi connectivity index (χ0) is 10.6. The lowest BCUT2D eigenvalue weighted by Gasteiger charge is -2.27. The molecule has 14 heavy (non-hydrogen) atoms. The van der Waals surface area contributed by atoms with Gasteiger partial charge in [-0.15, -0.1) is 0 Å². The molecule has 1 saturated heterocycles. The average Bonchev–Trinajstić information content (AvgIpc) is 2.12. The number of imide groups is 1. The number of amides is 2. The second-order valence-corrected chi connectivity index (χ2v) is 3.87. The number of hydrogen-bond acceptors (Lipinski definition) is 3. The van der Waals surface area contributed by atoms with Crippen LogP contribution in [0.1, 0.15) is 32.6 Å². The summed E-state index contributed by atoms with van der Waals surface area (Å²) >= 11 is 0. The highest BCUT2D eigenvalue weighted by Crippen LogP contribution is 2.15. The summed E-state index contributed by atoms with van der Waals surface area (Å²) < 4.78 is 0. The van der Waals surface area contributed by atoms with Crippen LogP contribution in [0, 0.1) is 5.92 Å². The van der Waals surface area contributed by atoms with Gasteiger partial charge in [0.2, 0.25) is 11.8 Å². The molecular weight excluding hydrogens is 182 g/mol. The van der Waals surface area contributed by atoms with Gasteiger partial charge in [0.15, 0.2) is 0 Å². The summed E-state index contributed by atoms with van der Waals surface area (Å²) in [5, 5.41) is 8.71. The second-order valence-electron chi connectivity index (χ2n) is 3.87. The van der Waals surface area contributed by atoms with E-state index in [1.165, 1.54) is 4.90 Å². The molecule has 1 heterocycles. The van der Waals surface area contributed by atoms with E-state index in [0.717, 1.165) is 0 Å². The molecule has 0 bridgehead atoms. The first-order valence-corrected chi connectivity index (χ1v) is 5.09. The van der Waals surface area contributed by atoms with E-state index in [9.17, 15) is 9.59 Å². The van der Waals surface area contributed by atoms with Crippen LogP contribution in [-0.2, 0) is 9.59 Å². The summed E-state index contributed by atoms with van der Waals surface area (Å²) in [4.78, 5) is 24.1. The average molecular weight is 199 g/mol. The molecule has 0 saturated carbocycles. The fourth-order valence-corrected chi connectivity index (χ4v) is 1.63. The van der Waals surface area contributed by atoms with Crippen molar-refractivity contribution in [2.45, 2.75) is 32.6 Å². The lowest BCUT2D eigenvalue weighted by molar-refractivity contribution is -0.148. The largest absolute Gasteiger partial charge is 0.396 e. The molecule has 0 aromatic rings. The van der Waals surface area contributed by atoms with Gasteiger partial charge in [-0.2, -0.15) is 0 Å². The third-order valence-electron chi connectivity index (χ3n) is 2.50. The van der Waals surface area contributed by atoms with E-state index in [4.69, 9.17) is 5.11 Å². The predicted molar refractivity (Wildman–Crippen MR) is 51.4 cm³/mol. The number of hydrogen-bond donors (Lipinski definition) is 1. The van der Waals surface area contributed by atoms with Crippen molar-refractivity contribution in [2.75, 3.05) is 13.2 Å². The molecule has 0 spiro atoms. The lowest BCUT2D eigenvalue weighted by atomic mass is 10.0. The van der Waals surface area contributed by atoms with Crippen LogP contribution >= 0.6 is 0 Å². The maximum Gasteiger partial charge on any atom is 0.229 e. The molecule has 1 N–H and O–H groups in total. The summed E-state index contributed by atoms with van der Waals surface area (Å²) in [6, 6.07) is 0. The molecule has 1 aliphatic rings. The molecule has 0 aliphatic carbocycles. The minimum Gasteiger partial charge on any atom is -0.396 e. The standard InChI is InChI=1S/C10H17NO3/c1-8(5-6-12)7-11-9(13)3-2-4-10(11)14/h8,12H,2-7H2,1H3. The van der Waals surface area contributed by atoms with Crippen molar-refractivity contribution < 1.29 is 14.7 Å². The topological polar surface area (TPSA) is 57.6 Å². The molecule has 1 rings (SSSR count). The Bertz CT molecular complexity index is 211. The summed E-state index contributed by atoms with van der Waals surface area (Å²) in [5.74, 6) is 0.0584. The molecular formula is C10H17NO3. The highest BCUT2D eigenvalue weighted by molar-refractivity contribution is 5.97. The van der Waals surface area contributed by atoms with Gasteiger partial charge in [0.05, 0.1) is 0 Å². The summed E-state index contributed by atoms with van der Waals surface area (Å²) in [6.07, 6.45) is 2.29. The molecule has 0 aromatic carbocycles. The monoisotopic (exact) mass is 199 g/mol. The number of rotatable bonds is 4. The van der Waals surface area contributed by atoms with E-state index in [1.54, 1.807) is 0 Å². The minimum absolute atomic E-state index is 0.0639.